The van der Waals surface area contributed by atoms with Crippen LogP contribution in [-0.4, -0.2) is 16.4 Å². The normalized spacial score (nSPS) is 15.3. The van der Waals surface area contributed by atoms with Crippen LogP contribution in [0.1, 0.15) is 22.4 Å². The van der Waals surface area contributed by atoms with Crippen LogP contribution >= 0.6 is 0 Å². The minimum atomic E-state index is 1.04. The third kappa shape index (κ3) is 2.36. The molecule has 3 aromatic rings. The second-order valence-electron chi connectivity index (χ2n) is 6.08. The molecule has 2 heteroatoms. The first-order chi connectivity index (χ1) is 10.3. The summed E-state index contributed by atoms with van der Waals surface area (Å²) in [4.78, 5) is 6.16. The van der Waals surface area contributed by atoms with Gasteiger partial charge in [-0.1, -0.05) is 42.5 Å². The Hall–Kier alpha value is -2.06. The number of aromatic nitrogens is 1. The molecule has 2 nitrogen and oxygen atoms in total. The molecular weight excluding hydrogens is 256 g/mol. The molecule has 0 saturated carbocycles. The van der Waals surface area contributed by atoms with Crippen LogP contribution < -0.4 is 0 Å². The van der Waals surface area contributed by atoms with Crippen molar-refractivity contribution < 1.29 is 0 Å². The highest BCUT2D eigenvalue weighted by Gasteiger charge is 2.20. The van der Waals surface area contributed by atoms with Gasteiger partial charge < -0.3 is 4.98 Å². The number of fused-ring (bicyclic) bond motifs is 3. The van der Waals surface area contributed by atoms with E-state index < -0.39 is 0 Å². The van der Waals surface area contributed by atoms with E-state index in [1.54, 1.807) is 0 Å². The Morgan fingerprint density at radius 3 is 2.81 bits per heavy atom. The average Bonchev–Trinajstić information content (AvgIpc) is 2.85. The van der Waals surface area contributed by atoms with Crippen LogP contribution in [0, 0.1) is 6.92 Å². The molecule has 4 rings (SSSR count). The van der Waals surface area contributed by atoms with Gasteiger partial charge in [-0.15, -0.1) is 0 Å². The fraction of sp³-hybridized carbons (Fsp3) is 0.263. The van der Waals surface area contributed by atoms with Crippen LogP contribution in [-0.2, 0) is 19.5 Å². The first-order valence-electron chi connectivity index (χ1n) is 7.66. The molecule has 0 aliphatic carbocycles. The zero-order valence-electron chi connectivity index (χ0n) is 12.4. The lowest BCUT2D eigenvalue weighted by Crippen LogP contribution is -2.29. The number of benzene rings is 2. The lowest BCUT2D eigenvalue weighted by atomic mass is 10.0. The molecule has 0 bridgehead atoms. The number of aromatic amines is 1. The molecular formula is C19H20N2. The van der Waals surface area contributed by atoms with Crippen molar-refractivity contribution >= 4 is 10.9 Å². The van der Waals surface area contributed by atoms with Gasteiger partial charge in [-0.2, -0.15) is 0 Å². The Bertz CT molecular complexity index is 771. The van der Waals surface area contributed by atoms with Gasteiger partial charge in [-0.3, -0.25) is 4.90 Å². The summed E-state index contributed by atoms with van der Waals surface area (Å²) in [6.07, 6.45) is 1.12. The first kappa shape index (κ1) is 12.7. The second kappa shape index (κ2) is 5.05. The van der Waals surface area contributed by atoms with Crippen molar-refractivity contribution in [1.82, 2.24) is 9.88 Å². The Balaban J connectivity index is 1.63. The van der Waals surface area contributed by atoms with Gasteiger partial charge in [0.15, 0.2) is 0 Å². The summed E-state index contributed by atoms with van der Waals surface area (Å²) in [6, 6.07) is 17.5. The summed E-state index contributed by atoms with van der Waals surface area (Å²) in [5, 5.41) is 1.40. The highest BCUT2D eigenvalue weighted by atomic mass is 15.1. The van der Waals surface area contributed by atoms with Gasteiger partial charge in [0, 0.05) is 42.7 Å². The van der Waals surface area contributed by atoms with E-state index in [9.17, 15) is 0 Å². The monoisotopic (exact) mass is 276 g/mol. The van der Waals surface area contributed by atoms with Gasteiger partial charge in [0.25, 0.3) is 0 Å². The molecule has 21 heavy (non-hydrogen) atoms. The van der Waals surface area contributed by atoms with E-state index >= 15 is 0 Å². The maximum atomic E-state index is 3.61. The summed E-state index contributed by atoms with van der Waals surface area (Å²) < 4.78 is 0. The van der Waals surface area contributed by atoms with E-state index in [4.69, 9.17) is 0 Å². The van der Waals surface area contributed by atoms with Crippen LogP contribution in [0.4, 0.5) is 0 Å². The fourth-order valence-electron chi connectivity index (χ4n) is 3.37. The van der Waals surface area contributed by atoms with Crippen LogP contribution in [0.15, 0.2) is 48.5 Å². The molecule has 2 heterocycles. The summed E-state index contributed by atoms with van der Waals surface area (Å²) in [5.74, 6) is 0. The molecule has 0 fully saturated rings. The summed E-state index contributed by atoms with van der Waals surface area (Å²) in [7, 11) is 0. The molecule has 0 radical (unpaired) electrons. The highest BCUT2D eigenvalue weighted by Crippen LogP contribution is 2.28. The molecule has 1 aromatic heterocycles. The lowest BCUT2D eigenvalue weighted by molar-refractivity contribution is 0.245. The van der Waals surface area contributed by atoms with Crippen molar-refractivity contribution in [3.8, 4) is 0 Å². The van der Waals surface area contributed by atoms with Crippen LogP contribution in [0.2, 0.25) is 0 Å². The number of nitrogens with one attached hydrogen (secondary N) is 1. The predicted molar refractivity (Wildman–Crippen MR) is 87.3 cm³/mol. The number of rotatable bonds is 2. The third-order valence-electron chi connectivity index (χ3n) is 4.46. The standard InChI is InChI=1S/C19H20N2/c1-14-7-8-16-17-13-21(12-15-5-3-2-4-6-15)10-9-18(17)20-19(16)11-14/h2-8,11,20H,9-10,12-13H2,1H3. The Morgan fingerprint density at radius 1 is 1.10 bits per heavy atom. The van der Waals surface area contributed by atoms with Gasteiger partial charge in [0.1, 0.15) is 0 Å². The fourth-order valence-corrected chi connectivity index (χ4v) is 3.37. The van der Waals surface area contributed by atoms with Gasteiger partial charge in [0.05, 0.1) is 0 Å². The zero-order valence-corrected chi connectivity index (χ0v) is 12.4. The van der Waals surface area contributed by atoms with Crippen molar-refractivity contribution in [1.29, 1.82) is 0 Å². The van der Waals surface area contributed by atoms with Crippen LogP contribution in [0.25, 0.3) is 10.9 Å². The van der Waals surface area contributed by atoms with Gasteiger partial charge in [-0.05, 0) is 29.7 Å². The third-order valence-corrected chi connectivity index (χ3v) is 4.46. The average molecular weight is 276 g/mol. The molecule has 0 spiro atoms. The van der Waals surface area contributed by atoms with E-state index in [1.807, 2.05) is 0 Å². The number of hydrogen-bond acceptors (Lipinski definition) is 1. The largest absolute Gasteiger partial charge is 0.358 e. The van der Waals surface area contributed by atoms with Gasteiger partial charge in [-0.25, -0.2) is 0 Å². The summed E-state index contributed by atoms with van der Waals surface area (Å²) >= 11 is 0. The van der Waals surface area contributed by atoms with Crippen molar-refractivity contribution in [2.24, 2.45) is 0 Å². The van der Waals surface area contributed by atoms with E-state index in [-0.39, 0.29) is 0 Å². The number of nitrogens with zero attached hydrogens (tertiary/aromatic N) is 1. The molecule has 0 unspecified atom stereocenters. The van der Waals surface area contributed by atoms with E-state index in [0.29, 0.717) is 0 Å². The molecule has 0 amide bonds. The number of aryl methyl sites for hydroxylation is 1. The molecule has 0 saturated heterocycles. The maximum Gasteiger partial charge on any atom is 0.0462 e. The van der Waals surface area contributed by atoms with E-state index in [1.165, 1.54) is 33.3 Å². The van der Waals surface area contributed by atoms with E-state index in [0.717, 1.165) is 26.1 Å². The Morgan fingerprint density at radius 2 is 1.95 bits per heavy atom. The number of hydrogen-bond donors (Lipinski definition) is 1. The second-order valence-corrected chi connectivity index (χ2v) is 6.08. The molecule has 2 aromatic carbocycles. The topological polar surface area (TPSA) is 19.0 Å². The lowest BCUT2D eigenvalue weighted by Gasteiger charge is -2.27. The summed E-state index contributed by atoms with van der Waals surface area (Å²) in [5.41, 5.74) is 6.94. The minimum Gasteiger partial charge on any atom is -0.358 e. The van der Waals surface area contributed by atoms with Crippen LogP contribution in [0.5, 0.6) is 0 Å². The molecule has 1 aliphatic heterocycles. The van der Waals surface area contributed by atoms with Crippen LogP contribution in [0.3, 0.4) is 0 Å². The molecule has 1 N–H and O–H groups in total. The van der Waals surface area contributed by atoms with E-state index in [2.05, 4.69) is 65.3 Å². The molecule has 106 valence electrons. The van der Waals surface area contributed by atoms with Gasteiger partial charge in [0.2, 0.25) is 0 Å². The first-order valence-corrected chi connectivity index (χ1v) is 7.66. The zero-order chi connectivity index (χ0) is 14.2. The Labute approximate surface area is 125 Å². The predicted octanol–water partition coefficient (Wildman–Crippen LogP) is 4.03. The molecule has 1 aliphatic rings. The highest BCUT2D eigenvalue weighted by molar-refractivity contribution is 5.85. The van der Waals surface area contributed by atoms with Crippen molar-refractivity contribution in [3.63, 3.8) is 0 Å². The van der Waals surface area contributed by atoms with Crippen molar-refractivity contribution in [2.45, 2.75) is 26.4 Å². The Kier molecular flexibility index (Phi) is 3.04. The van der Waals surface area contributed by atoms with Crippen molar-refractivity contribution in [2.75, 3.05) is 6.54 Å². The number of H-pyrrole nitrogens is 1. The molecule has 0 atom stereocenters. The van der Waals surface area contributed by atoms with Gasteiger partial charge >= 0.3 is 0 Å². The van der Waals surface area contributed by atoms with Crippen molar-refractivity contribution in [3.05, 3.63) is 70.9 Å². The quantitative estimate of drug-likeness (QED) is 0.748. The minimum absolute atomic E-state index is 1.04. The summed E-state index contributed by atoms with van der Waals surface area (Å²) in [6.45, 7) is 5.38. The maximum absolute atomic E-state index is 3.61. The SMILES string of the molecule is Cc1ccc2c3c([nH]c2c1)CCN(Cc1ccccc1)C3. The smallest absolute Gasteiger partial charge is 0.0462 e.